The molecular formula is C20H21N3O3. The number of para-hydroxylation sites is 1. The summed E-state index contributed by atoms with van der Waals surface area (Å²) >= 11 is 0. The van der Waals surface area contributed by atoms with Crippen LogP contribution in [0.4, 0.5) is 0 Å². The monoisotopic (exact) mass is 351 g/mol. The highest BCUT2D eigenvalue weighted by Crippen LogP contribution is 2.17. The third-order valence-electron chi connectivity index (χ3n) is 3.92. The van der Waals surface area contributed by atoms with Crippen LogP contribution in [-0.4, -0.2) is 41.4 Å². The lowest BCUT2D eigenvalue weighted by Gasteiger charge is -2.16. The summed E-state index contributed by atoms with van der Waals surface area (Å²) in [4.78, 5) is 13.9. The smallest absolute Gasteiger partial charge is 0.260 e. The number of carbonyl (C=O) groups excluding carboxylic acids is 1. The molecule has 3 rings (SSSR count). The van der Waals surface area contributed by atoms with Crippen molar-refractivity contribution < 1.29 is 14.3 Å². The molecule has 0 spiro atoms. The van der Waals surface area contributed by atoms with Crippen molar-refractivity contribution in [3.63, 3.8) is 0 Å². The van der Waals surface area contributed by atoms with Gasteiger partial charge in [-0.05, 0) is 36.4 Å². The number of carbonyl (C=O) groups is 1. The number of nitrogens with zero attached hydrogens (tertiary/aromatic N) is 3. The third-order valence-corrected chi connectivity index (χ3v) is 3.92. The summed E-state index contributed by atoms with van der Waals surface area (Å²) in [6, 6.07) is 17.0. The van der Waals surface area contributed by atoms with Gasteiger partial charge in [0.2, 0.25) is 0 Å². The van der Waals surface area contributed by atoms with Crippen LogP contribution < -0.4 is 9.47 Å². The highest BCUT2D eigenvalue weighted by Gasteiger charge is 2.12. The van der Waals surface area contributed by atoms with Crippen LogP contribution in [0.2, 0.25) is 0 Å². The number of amides is 1. The number of rotatable bonds is 7. The van der Waals surface area contributed by atoms with Crippen LogP contribution in [0.25, 0.3) is 5.69 Å². The van der Waals surface area contributed by atoms with Gasteiger partial charge in [0, 0.05) is 25.4 Å². The number of benzene rings is 2. The maximum Gasteiger partial charge on any atom is 0.260 e. The van der Waals surface area contributed by atoms with Gasteiger partial charge in [-0.25, -0.2) is 4.68 Å². The van der Waals surface area contributed by atoms with Crippen molar-refractivity contribution in [3.8, 4) is 17.2 Å². The highest BCUT2D eigenvalue weighted by atomic mass is 16.5. The van der Waals surface area contributed by atoms with E-state index in [0.29, 0.717) is 12.3 Å². The van der Waals surface area contributed by atoms with E-state index in [1.807, 2.05) is 36.5 Å². The van der Waals surface area contributed by atoms with E-state index in [4.69, 9.17) is 9.47 Å². The molecule has 0 unspecified atom stereocenters. The summed E-state index contributed by atoms with van der Waals surface area (Å²) in [5, 5.41) is 4.34. The van der Waals surface area contributed by atoms with E-state index in [-0.39, 0.29) is 12.5 Å². The van der Waals surface area contributed by atoms with Crippen molar-refractivity contribution in [2.75, 3.05) is 20.8 Å². The first-order chi connectivity index (χ1) is 12.7. The molecule has 0 bridgehead atoms. The van der Waals surface area contributed by atoms with Crippen molar-refractivity contribution in [1.82, 2.24) is 14.7 Å². The second-order valence-corrected chi connectivity index (χ2v) is 5.84. The second kappa shape index (κ2) is 8.20. The number of hydrogen-bond acceptors (Lipinski definition) is 4. The lowest BCUT2D eigenvalue weighted by Crippen LogP contribution is -2.30. The Morgan fingerprint density at radius 3 is 2.46 bits per heavy atom. The minimum absolute atomic E-state index is 0.0182. The Morgan fingerprint density at radius 1 is 1.08 bits per heavy atom. The summed E-state index contributed by atoms with van der Waals surface area (Å²) in [7, 11) is 3.36. The molecule has 0 radical (unpaired) electrons. The zero-order chi connectivity index (χ0) is 18.4. The minimum Gasteiger partial charge on any atom is -0.497 e. The molecule has 0 aliphatic carbocycles. The van der Waals surface area contributed by atoms with Gasteiger partial charge in [-0.15, -0.1) is 0 Å². The van der Waals surface area contributed by atoms with Crippen molar-refractivity contribution in [3.05, 3.63) is 72.6 Å². The molecule has 0 aliphatic rings. The fourth-order valence-electron chi connectivity index (χ4n) is 2.45. The number of methoxy groups -OCH3 is 1. The Balaban J connectivity index is 1.53. The van der Waals surface area contributed by atoms with Crippen LogP contribution in [0.3, 0.4) is 0 Å². The first-order valence-electron chi connectivity index (χ1n) is 8.25. The normalized spacial score (nSPS) is 10.4. The fourth-order valence-corrected chi connectivity index (χ4v) is 2.45. The van der Waals surface area contributed by atoms with Gasteiger partial charge in [-0.1, -0.05) is 18.2 Å². The van der Waals surface area contributed by atoms with E-state index in [1.165, 1.54) is 0 Å². The summed E-state index contributed by atoms with van der Waals surface area (Å²) in [6.07, 6.45) is 3.69. The molecular weight excluding hydrogens is 330 g/mol. The van der Waals surface area contributed by atoms with Gasteiger partial charge < -0.3 is 14.4 Å². The zero-order valence-electron chi connectivity index (χ0n) is 14.8. The maximum absolute atomic E-state index is 12.3. The second-order valence-electron chi connectivity index (χ2n) is 5.84. The van der Waals surface area contributed by atoms with E-state index in [9.17, 15) is 4.79 Å². The van der Waals surface area contributed by atoms with E-state index in [0.717, 1.165) is 17.0 Å². The van der Waals surface area contributed by atoms with Gasteiger partial charge in [0.05, 0.1) is 19.0 Å². The molecule has 6 heteroatoms. The summed E-state index contributed by atoms with van der Waals surface area (Å²) in [6.45, 7) is 0.452. The first-order valence-corrected chi connectivity index (χ1v) is 8.25. The van der Waals surface area contributed by atoms with Crippen molar-refractivity contribution in [2.45, 2.75) is 6.54 Å². The molecule has 26 heavy (non-hydrogen) atoms. The quantitative estimate of drug-likeness (QED) is 0.657. The number of ether oxygens (including phenoxy) is 2. The topological polar surface area (TPSA) is 56.6 Å². The SMILES string of the molecule is COc1ccc(OCC(=O)N(C)Cc2cnn(-c3ccccc3)c2)cc1. The van der Waals surface area contributed by atoms with Crippen LogP contribution in [0.5, 0.6) is 11.5 Å². The van der Waals surface area contributed by atoms with Gasteiger partial charge in [-0.3, -0.25) is 4.79 Å². The van der Waals surface area contributed by atoms with Crippen molar-refractivity contribution in [2.24, 2.45) is 0 Å². The molecule has 134 valence electrons. The molecule has 1 heterocycles. The molecule has 1 aromatic heterocycles. The Morgan fingerprint density at radius 2 is 1.77 bits per heavy atom. The largest absolute Gasteiger partial charge is 0.497 e. The van der Waals surface area contributed by atoms with E-state index >= 15 is 0 Å². The molecule has 1 amide bonds. The molecule has 0 aliphatic heterocycles. The predicted octanol–water partition coefficient (Wildman–Crippen LogP) is 2.92. The van der Waals surface area contributed by atoms with Gasteiger partial charge >= 0.3 is 0 Å². The average molecular weight is 351 g/mol. The van der Waals surface area contributed by atoms with Crippen LogP contribution in [0.15, 0.2) is 67.0 Å². The standard InChI is InChI=1S/C20H21N3O3/c1-22(20(24)15-26-19-10-8-18(25-2)9-11-19)13-16-12-21-23(14-16)17-6-4-3-5-7-17/h3-12,14H,13,15H2,1-2H3. The summed E-state index contributed by atoms with van der Waals surface area (Å²) in [5.41, 5.74) is 1.93. The Labute approximate surface area is 152 Å². The Kier molecular flexibility index (Phi) is 5.53. The average Bonchev–Trinajstić information content (AvgIpc) is 3.15. The molecule has 0 fully saturated rings. The van der Waals surface area contributed by atoms with Gasteiger partial charge in [0.15, 0.2) is 6.61 Å². The molecule has 0 N–H and O–H groups in total. The van der Waals surface area contributed by atoms with Gasteiger partial charge in [0.25, 0.3) is 5.91 Å². The van der Waals surface area contributed by atoms with Crippen LogP contribution in [0, 0.1) is 0 Å². The number of likely N-dealkylation sites (N-methyl/N-ethyl adjacent to an activating group) is 1. The van der Waals surface area contributed by atoms with Crippen LogP contribution >= 0.6 is 0 Å². The van der Waals surface area contributed by atoms with Gasteiger partial charge in [0.1, 0.15) is 11.5 Å². The first kappa shape index (κ1) is 17.5. The number of hydrogen-bond donors (Lipinski definition) is 0. The van der Waals surface area contributed by atoms with Crippen molar-refractivity contribution in [1.29, 1.82) is 0 Å². The van der Waals surface area contributed by atoms with Crippen LogP contribution in [0.1, 0.15) is 5.56 Å². The molecule has 0 atom stereocenters. The Bertz CT molecular complexity index is 844. The van der Waals surface area contributed by atoms with Crippen molar-refractivity contribution >= 4 is 5.91 Å². The van der Waals surface area contributed by atoms with E-state index in [2.05, 4.69) is 5.10 Å². The third kappa shape index (κ3) is 4.42. The number of aromatic nitrogens is 2. The Hall–Kier alpha value is -3.28. The van der Waals surface area contributed by atoms with E-state index in [1.54, 1.807) is 54.2 Å². The van der Waals surface area contributed by atoms with E-state index < -0.39 is 0 Å². The lowest BCUT2D eigenvalue weighted by molar-refractivity contribution is -0.132. The summed E-state index contributed by atoms with van der Waals surface area (Å²) in [5.74, 6) is 1.27. The molecule has 0 saturated carbocycles. The fraction of sp³-hybridized carbons (Fsp3) is 0.200. The maximum atomic E-state index is 12.3. The molecule has 2 aromatic carbocycles. The summed E-state index contributed by atoms with van der Waals surface area (Å²) < 4.78 is 12.4. The lowest BCUT2D eigenvalue weighted by atomic mass is 10.3. The predicted molar refractivity (Wildman–Crippen MR) is 98.5 cm³/mol. The molecule has 3 aromatic rings. The highest BCUT2D eigenvalue weighted by molar-refractivity contribution is 5.77. The zero-order valence-corrected chi connectivity index (χ0v) is 14.8. The molecule has 0 saturated heterocycles. The van der Waals surface area contributed by atoms with Gasteiger partial charge in [-0.2, -0.15) is 5.10 Å². The molecule has 6 nitrogen and oxygen atoms in total. The minimum atomic E-state index is -0.103. The van der Waals surface area contributed by atoms with Crippen LogP contribution in [-0.2, 0) is 11.3 Å².